The monoisotopic (exact) mass is 268 g/mol. The molecule has 0 aromatic carbocycles. The smallest absolute Gasteiger partial charge is 0.320 e. The Morgan fingerprint density at radius 3 is 2.37 bits per heavy atom. The number of aliphatic carboxylic acids is 1. The molecular formula is C14H24N2O3. The van der Waals surface area contributed by atoms with Crippen molar-refractivity contribution in [2.45, 2.75) is 39.7 Å². The van der Waals surface area contributed by atoms with E-state index in [-0.39, 0.29) is 11.9 Å². The van der Waals surface area contributed by atoms with E-state index >= 15 is 0 Å². The van der Waals surface area contributed by atoms with E-state index < -0.39 is 11.9 Å². The van der Waals surface area contributed by atoms with Crippen LogP contribution in [0.4, 0.5) is 4.79 Å². The number of urea groups is 1. The molecule has 0 radical (unpaired) electrons. The van der Waals surface area contributed by atoms with Gasteiger partial charge in [0.1, 0.15) is 0 Å². The van der Waals surface area contributed by atoms with Crippen molar-refractivity contribution in [3.63, 3.8) is 0 Å². The van der Waals surface area contributed by atoms with Gasteiger partial charge in [-0.2, -0.15) is 0 Å². The highest BCUT2D eigenvalue weighted by Crippen LogP contribution is 2.31. The van der Waals surface area contributed by atoms with Gasteiger partial charge >= 0.3 is 12.0 Å². The summed E-state index contributed by atoms with van der Waals surface area (Å²) in [5, 5.41) is 9.14. The minimum Gasteiger partial charge on any atom is -0.481 e. The highest BCUT2D eigenvalue weighted by atomic mass is 16.4. The molecule has 108 valence electrons. The summed E-state index contributed by atoms with van der Waals surface area (Å²) in [6, 6.07) is 0.417. The first-order chi connectivity index (χ1) is 8.90. The zero-order chi connectivity index (χ0) is 14.2. The van der Waals surface area contributed by atoms with Crippen LogP contribution in [0.3, 0.4) is 0 Å². The summed E-state index contributed by atoms with van der Waals surface area (Å²) in [5.74, 6) is -0.713. The number of hydrogen-bond donors (Lipinski definition) is 1. The molecule has 1 aliphatic heterocycles. The zero-order valence-electron chi connectivity index (χ0n) is 12.0. The second-order valence-electron chi connectivity index (χ2n) is 6.39. The summed E-state index contributed by atoms with van der Waals surface area (Å²) < 4.78 is 0. The summed E-state index contributed by atoms with van der Waals surface area (Å²) in [7, 11) is 0. The molecule has 2 fully saturated rings. The topological polar surface area (TPSA) is 60.9 Å². The predicted molar refractivity (Wildman–Crippen MR) is 71.8 cm³/mol. The van der Waals surface area contributed by atoms with Crippen molar-refractivity contribution in [3.8, 4) is 0 Å². The van der Waals surface area contributed by atoms with E-state index in [1.165, 1.54) is 0 Å². The molecule has 0 aromatic rings. The number of rotatable bonds is 4. The van der Waals surface area contributed by atoms with Gasteiger partial charge in [-0.05, 0) is 24.7 Å². The third-order valence-electron chi connectivity index (χ3n) is 4.00. The Bertz CT molecular complexity index is 366. The lowest BCUT2D eigenvalue weighted by Gasteiger charge is -2.29. The number of likely N-dealkylation sites (tertiary alicyclic amines) is 1. The van der Waals surface area contributed by atoms with E-state index in [1.807, 2.05) is 11.8 Å². The summed E-state index contributed by atoms with van der Waals surface area (Å²) in [4.78, 5) is 27.3. The molecule has 0 aromatic heterocycles. The average molecular weight is 268 g/mol. The Labute approximate surface area is 114 Å². The van der Waals surface area contributed by atoms with Gasteiger partial charge in [0.15, 0.2) is 0 Å². The summed E-state index contributed by atoms with van der Waals surface area (Å²) in [6.45, 7) is 7.82. The number of carbonyl (C=O) groups excluding carboxylic acids is 1. The number of carboxylic acids is 1. The van der Waals surface area contributed by atoms with E-state index in [1.54, 1.807) is 4.90 Å². The Morgan fingerprint density at radius 1 is 1.32 bits per heavy atom. The van der Waals surface area contributed by atoms with Crippen LogP contribution in [0.1, 0.15) is 33.6 Å². The van der Waals surface area contributed by atoms with E-state index in [0.717, 1.165) is 19.4 Å². The van der Waals surface area contributed by atoms with Crippen LogP contribution in [0.2, 0.25) is 0 Å². The van der Waals surface area contributed by atoms with Gasteiger partial charge in [-0.25, -0.2) is 4.79 Å². The van der Waals surface area contributed by atoms with E-state index in [0.29, 0.717) is 25.0 Å². The third-order valence-corrected chi connectivity index (χ3v) is 4.00. The zero-order valence-corrected chi connectivity index (χ0v) is 12.0. The molecule has 2 atom stereocenters. The molecule has 1 N–H and O–H groups in total. The van der Waals surface area contributed by atoms with Crippen LogP contribution in [-0.2, 0) is 4.79 Å². The molecular weight excluding hydrogens is 244 g/mol. The maximum absolute atomic E-state index is 12.5. The minimum atomic E-state index is -0.787. The molecule has 2 rings (SSSR count). The van der Waals surface area contributed by atoms with E-state index in [4.69, 9.17) is 5.11 Å². The Kier molecular flexibility index (Phi) is 4.02. The third kappa shape index (κ3) is 3.19. The van der Waals surface area contributed by atoms with Crippen LogP contribution in [0.15, 0.2) is 0 Å². The molecule has 2 unspecified atom stereocenters. The standard InChI is InChI=1S/C14H24N2O3/c1-9(2)6-16(11-4-5-11)14(19)15-7-10(3)12(8-15)13(17)18/h9-12H,4-8H2,1-3H3,(H,17,18). The summed E-state index contributed by atoms with van der Waals surface area (Å²) in [6.07, 6.45) is 2.18. The average Bonchev–Trinajstić information content (AvgIpc) is 3.07. The van der Waals surface area contributed by atoms with Gasteiger partial charge in [0, 0.05) is 25.7 Å². The lowest BCUT2D eigenvalue weighted by molar-refractivity contribution is -0.142. The van der Waals surface area contributed by atoms with Crippen molar-refractivity contribution in [3.05, 3.63) is 0 Å². The number of carbonyl (C=O) groups is 2. The van der Waals surface area contributed by atoms with Crippen molar-refractivity contribution in [1.29, 1.82) is 0 Å². The lowest BCUT2D eigenvalue weighted by atomic mass is 9.99. The van der Waals surface area contributed by atoms with Gasteiger partial charge < -0.3 is 14.9 Å². The molecule has 1 heterocycles. The van der Waals surface area contributed by atoms with Gasteiger partial charge in [-0.1, -0.05) is 20.8 Å². The van der Waals surface area contributed by atoms with Crippen LogP contribution >= 0.6 is 0 Å². The first-order valence-corrected chi connectivity index (χ1v) is 7.18. The maximum Gasteiger partial charge on any atom is 0.320 e. The van der Waals surface area contributed by atoms with Crippen LogP contribution in [-0.4, -0.2) is 52.6 Å². The fourth-order valence-electron chi connectivity index (χ4n) is 2.79. The predicted octanol–water partition coefficient (Wildman–Crippen LogP) is 1.88. The second-order valence-corrected chi connectivity index (χ2v) is 6.39. The quantitative estimate of drug-likeness (QED) is 0.847. The van der Waals surface area contributed by atoms with Crippen LogP contribution in [0.25, 0.3) is 0 Å². The molecule has 5 heteroatoms. The Hall–Kier alpha value is -1.26. The molecule has 0 spiro atoms. The number of nitrogens with zero attached hydrogens (tertiary/aromatic N) is 2. The molecule has 1 saturated carbocycles. The van der Waals surface area contributed by atoms with Crippen molar-refractivity contribution < 1.29 is 14.7 Å². The summed E-state index contributed by atoms with van der Waals surface area (Å²) in [5.41, 5.74) is 0. The largest absolute Gasteiger partial charge is 0.481 e. The van der Waals surface area contributed by atoms with Gasteiger partial charge in [-0.3, -0.25) is 4.79 Å². The molecule has 1 saturated heterocycles. The van der Waals surface area contributed by atoms with Gasteiger partial charge in [-0.15, -0.1) is 0 Å². The maximum atomic E-state index is 12.5. The first-order valence-electron chi connectivity index (χ1n) is 7.18. The summed E-state index contributed by atoms with van der Waals surface area (Å²) >= 11 is 0. The van der Waals surface area contributed by atoms with Crippen LogP contribution < -0.4 is 0 Å². The first kappa shape index (κ1) is 14.2. The lowest BCUT2D eigenvalue weighted by Crippen LogP contribution is -2.45. The number of hydrogen-bond acceptors (Lipinski definition) is 2. The minimum absolute atomic E-state index is 0.0341. The van der Waals surface area contributed by atoms with Gasteiger partial charge in [0.2, 0.25) is 0 Å². The van der Waals surface area contributed by atoms with Crippen molar-refractivity contribution >= 4 is 12.0 Å². The molecule has 1 aliphatic carbocycles. The molecule has 2 aliphatic rings. The van der Waals surface area contributed by atoms with Gasteiger partial charge in [0.05, 0.1) is 5.92 Å². The number of carboxylic acid groups (broad SMARTS) is 1. The normalized spacial score (nSPS) is 26.8. The van der Waals surface area contributed by atoms with E-state index in [9.17, 15) is 9.59 Å². The fraction of sp³-hybridized carbons (Fsp3) is 0.857. The van der Waals surface area contributed by atoms with Crippen molar-refractivity contribution in [2.75, 3.05) is 19.6 Å². The van der Waals surface area contributed by atoms with Crippen molar-refractivity contribution in [2.24, 2.45) is 17.8 Å². The highest BCUT2D eigenvalue weighted by molar-refractivity contribution is 5.78. The molecule has 0 bridgehead atoms. The van der Waals surface area contributed by atoms with Gasteiger partial charge in [0.25, 0.3) is 0 Å². The Balaban J connectivity index is 2.00. The van der Waals surface area contributed by atoms with Crippen LogP contribution in [0, 0.1) is 17.8 Å². The molecule has 19 heavy (non-hydrogen) atoms. The van der Waals surface area contributed by atoms with E-state index in [2.05, 4.69) is 13.8 Å². The molecule has 2 amide bonds. The SMILES string of the molecule is CC(C)CN(C(=O)N1CC(C)C(C(=O)O)C1)C1CC1. The second kappa shape index (κ2) is 5.39. The number of amides is 2. The highest BCUT2D eigenvalue weighted by Gasteiger charge is 2.41. The van der Waals surface area contributed by atoms with Crippen LogP contribution in [0.5, 0.6) is 0 Å². The fourth-order valence-corrected chi connectivity index (χ4v) is 2.79. The van der Waals surface area contributed by atoms with Crippen molar-refractivity contribution in [1.82, 2.24) is 9.80 Å². The Morgan fingerprint density at radius 2 is 1.95 bits per heavy atom. The molecule has 5 nitrogen and oxygen atoms in total.